The number of nitro groups is 1. The van der Waals surface area contributed by atoms with Crippen molar-refractivity contribution >= 4 is 29.1 Å². The molecular formula is C31H27N3O7S. The first kappa shape index (κ1) is 28.5. The zero-order valence-corrected chi connectivity index (χ0v) is 23.9. The van der Waals surface area contributed by atoms with Crippen LogP contribution >= 0.6 is 11.3 Å². The number of nitrogens with zero attached hydrogens (tertiary/aromatic N) is 3. The Morgan fingerprint density at radius 3 is 2.43 bits per heavy atom. The first-order valence-electron chi connectivity index (χ1n) is 13.1. The van der Waals surface area contributed by atoms with Gasteiger partial charge in [-0.15, -0.1) is 0 Å². The van der Waals surface area contributed by atoms with Crippen LogP contribution < -0.4 is 24.4 Å². The molecule has 0 fully saturated rings. The zero-order chi connectivity index (χ0) is 29.8. The molecule has 0 unspecified atom stereocenters. The van der Waals surface area contributed by atoms with Gasteiger partial charge in [0.05, 0.1) is 52.1 Å². The van der Waals surface area contributed by atoms with Gasteiger partial charge in [-0.05, 0) is 37.1 Å². The molecule has 1 atom stereocenters. The highest BCUT2D eigenvalue weighted by Crippen LogP contribution is 2.36. The molecule has 1 aliphatic rings. The van der Waals surface area contributed by atoms with E-state index in [0.717, 1.165) is 16.9 Å². The van der Waals surface area contributed by atoms with Crippen molar-refractivity contribution in [1.29, 1.82) is 0 Å². The monoisotopic (exact) mass is 585 g/mol. The van der Waals surface area contributed by atoms with Crippen LogP contribution in [0.3, 0.4) is 0 Å². The normalized spacial score (nSPS) is 14.6. The fourth-order valence-corrected chi connectivity index (χ4v) is 5.77. The summed E-state index contributed by atoms with van der Waals surface area (Å²) >= 11 is 1.08. The van der Waals surface area contributed by atoms with Crippen LogP contribution in [0, 0.1) is 10.1 Å². The fourth-order valence-electron chi connectivity index (χ4n) is 4.73. The van der Waals surface area contributed by atoms with Crippen LogP contribution in [0.15, 0.2) is 93.9 Å². The molecule has 0 amide bonds. The number of allylic oxidation sites excluding steroid dienone is 1. The van der Waals surface area contributed by atoms with Crippen LogP contribution in [-0.4, -0.2) is 29.2 Å². The number of hydrogen-bond acceptors (Lipinski definition) is 9. The number of methoxy groups -OCH3 is 1. The number of fused-ring (bicyclic) bond motifs is 1. The van der Waals surface area contributed by atoms with E-state index >= 15 is 0 Å². The number of esters is 1. The summed E-state index contributed by atoms with van der Waals surface area (Å²) < 4.78 is 18.3. The Hall–Kier alpha value is -5.03. The molecule has 3 aromatic carbocycles. The molecule has 5 rings (SSSR count). The van der Waals surface area contributed by atoms with Crippen LogP contribution in [0.1, 0.15) is 36.6 Å². The quantitative estimate of drug-likeness (QED) is 0.163. The molecule has 0 saturated carbocycles. The third-order valence-electron chi connectivity index (χ3n) is 6.67. The first-order valence-corrected chi connectivity index (χ1v) is 13.9. The van der Waals surface area contributed by atoms with Crippen molar-refractivity contribution in [3.05, 3.63) is 131 Å². The largest absolute Gasteiger partial charge is 0.493 e. The van der Waals surface area contributed by atoms with E-state index in [9.17, 15) is 19.7 Å². The first-order chi connectivity index (χ1) is 20.3. The highest BCUT2D eigenvalue weighted by atomic mass is 32.1. The van der Waals surface area contributed by atoms with Gasteiger partial charge in [0.2, 0.25) is 0 Å². The number of nitro benzene ring substituents is 1. The Morgan fingerprint density at radius 1 is 1.10 bits per heavy atom. The van der Waals surface area contributed by atoms with Crippen molar-refractivity contribution in [1.82, 2.24) is 4.57 Å². The molecule has 1 aromatic heterocycles. The summed E-state index contributed by atoms with van der Waals surface area (Å²) in [6.45, 7) is 3.76. The summed E-state index contributed by atoms with van der Waals surface area (Å²) in [6.07, 6.45) is 1.44. The lowest BCUT2D eigenvalue weighted by Crippen LogP contribution is -2.39. The highest BCUT2D eigenvalue weighted by Gasteiger charge is 2.33. The summed E-state index contributed by atoms with van der Waals surface area (Å²) in [7, 11) is 1.44. The predicted molar refractivity (Wildman–Crippen MR) is 157 cm³/mol. The van der Waals surface area contributed by atoms with Crippen LogP contribution in [0.25, 0.3) is 6.08 Å². The van der Waals surface area contributed by atoms with Gasteiger partial charge in [-0.25, -0.2) is 9.79 Å². The molecule has 0 spiro atoms. The number of carbonyl (C=O) groups is 1. The zero-order valence-electron chi connectivity index (χ0n) is 23.1. The number of ether oxygens (including phenoxy) is 3. The lowest BCUT2D eigenvalue weighted by Gasteiger charge is -2.24. The van der Waals surface area contributed by atoms with E-state index in [1.165, 1.54) is 29.9 Å². The van der Waals surface area contributed by atoms with Gasteiger partial charge in [-0.1, -0.05) is 72.0 Å². The van der Waals surface area contributed by atoms with Gasteiger partial charge in [0.15, 0.2) is 16.3 Å². The van der Waals surface area contributed by atoms with Crippen LogP contribution in [0.4, 0.5) is 5.69 Å². The lowest BCUT2D eigenvalue weighted by molar-refractivity contribution is -0.385. The second-order valence-electron chi connectivity index (χ2n) is 9.31. The van der Waals surface area contributed by atoms with E-state index in [-0.39, 0.29) is 46.1 Å². The smallest absolute Gasteiger partial charge is 0.338 e. The second kappa shape index (κ2) is 12.2. The molecule has 0 saturated heterocycles. The second-order valence-corrected chi connectivity index (χ2v) is 10.3. The van der Waals surface area contributed by atoms with Crippen molar-refractivity contribution in [2.24, 2.45) is 4.99 Å². The molecule has 214 valence electrons. The van der Waals surface area contributed by atoms with Gasteiger partial charge in [0.25, 0.3) is 11.2 Å². The molecule has 42 heavy (non-hydrogen) atoms. The van der Waals surface area contributed by atoms with E-state index in [2.05, 4.69) is 4.99 Å². The molecule has 0 radical (unpaired) electrons. The minimum Gasteiger partial charge on any atom is -0.493 e. The Balaban J connectivity index is 1.63. The number of benzene rings is 3. The molecule has 4 aromatic rings. The average Bonchev–Trinajstić information content (AvgIpc) is 3.30. The number of aromatic nitrogens is 1. The van der Waals surface area contributed by atoms with Gasteiger partial charge in [-0.2, -0.15) is 0 Å². The number of rotatable bonds is 9. The van der Waals surface area contributed by atoms with Gasteiger partial charge < -0.3 is 14.2 Å². The van der Waals surface area contributed by atoms with Crippen molar-refractivity contribution in [3.8, 4) is 11.5 Å². The van der Waals surface area contributed by atoms with E-state index in [4.69, 9.17) is 14.2 Å². The fraction of sp³-hybridized carbons (Fsp3) is 0.194. The van der Waals surface area contributed by atoms with Gasteiger partial charge in [0, 0.05) is 0 Å². The molecule has 10 nitrogen and oxygen atoms in total. The Bertz CT molecular complexity index is 1860. The van der Waals surface area contributed by atoms with E-state index in [0.29, 0.717) is 16.1 Å². The Labute approximate surface area is 244 Å². The highest BCUT2D eigenvalue weighted by molar-refractivity contribution is 7.07. The van der Waals surface area contributed by atoms with Crippen molar-refractivity contribution in [3.63, 3.8) is 0 Å². The minimum absolute atomic E-state index is 0.159. The SMILES string of the molecule is CCOC(=O)C1=C(C)N=c2s/c(=C\c3cc(OC)c(OCc4ccccc4)cc3[N+](=O)[O-])c(=O)n2[C@H]1c1ccccc1. The maximum atomic E-state index is 13.9. The van der Waals surface area contributed by atoms with Gasteiger partial charge in [0.1, 0.15) is 6.61 Å². The molecule has 0 N–H and O–H groups in total. The van der Waals surface area contributed by atoms with Crippen molar-refractivity contribution in [2.75, 3.05) is 13.7 Å². The predicted octanol–water partition coefficient (Wildman–Crippen LogP) is 4.29. The molecule has 0 bridgehead atoms. The lowest BCUT2D eigenvalue weighted by atomic mass is 9.96. The van der Waals surface area contributed by atoms with Crippen molar-refractivity contribution < 1.29 is 23.9 Å². The standard InChI is InChI=1S/C31H27N3O7S/c1-4-40-30(36)27-19(2)32-31-33(28(27)21-13-9-6-10-14-21)29(35)26(42-31)16-22-15-24(39-3)25(17-23(22)34(37)38)41-18-20-11-7-5-8-12-20/h5-17,28H,4,18H2,1-3H3/b26-16-/t28-/m0/s1. The van der Waals surface area contributed by atoms with Gasteiger partial charge >= 0.3 is 5.97 Å². The average molecular weight is 586 g/mol. The van der Waals surface area contributed by atoms with E-state index in [1.807, 2.05) is 60.7 Å². The van der Waals surface area contributed by atoms with E-state index < -0.39 is 22.5 Å². The molecular weight excluding hydrogens is 558 g/mol. The molecule has 1 aliphatic heterocycles. The minimum atomic E-state index is -0.776. The van der Waals surface area contributed by atoms with Gasteiger partial charge in [-0.3, -0.25) is 19.5 Å². The summed E-state index contributed by atoms with van der Waals surface area (Å²) in [4.78, 5) is 43.4. The maximum Gasteiger partial charge on any atom is 0.338 e. The third-order valence-corrected chi connectivity index (χ3v) is 7.65. The van der Waals surface area contributed by atoms with Crippen LogP contribution in [0.2, 0.25) is 0 Å². The number of carbonyl (C=O) groups excluding carboxylic acids is 1. The van der Waals surface area contributed by atoms with Crippen molar-refractivity contribution in [2.45, 2.75) is 26.5 Å². The summed E-state index contributed by atoms with van der Waals surface area (Å²) in [6, 6.07) is 20.5. The van der Waals surface area contributed by atoms with Crippen LogP contribution in [0.5, 0.6) is 11.5 Å². The Kier molecular flexibility index (Phi) is 8.30. The number of hydrogen-bond donors (Lipinski definition) is 0. The summed E-state index contributed by atoms with van der Waals surface area (Å²) in [5, 5.41) is 12.1. The summed E-state index contributed by atoms with van der Waals surface area (Å²) in [5.74, 6) is -0.0862. The molecule has 11 heteroatoms. The maximum absolute atomic E-state index is 13.9. The van der Waals surface area contributed by atoms with E-state index in [1.54, 1.807) is 13.8 Å². The Morgan fingerprint density at radius 2 is 1.79 bits per heavy atom. The topological polar surface area (TPSA) is 122 Å². The third kappa shape index (κ3) is 5.59. The molecule has 2 heterocycles. The molecule has 0 aliphatic carbocycles. The van der Waals surface area contributed by atoms with Crippen LogP contribution in [-0.2, 0) is 16.1 Å². The summed E-state index contributed by atoms with van der Waals surface area (Å²) in [5.41, 5.74) is 1.74. The number of thiazole rings is 1.